The smallest absolute Gasteiger partial charge is 0.234 e. The minimum atomic E-state index is -0.0906. The lowest BCUT2D eigenvalue weighted by molar-refractivity contribution is -0.113. The number of rotatable bonds is 6. The predicted molar refractivity (Wildman–Crippen MR) is 108 cm³/mol. The van der Waals surface area contributed by atoms with E-state index >= 15 is 0 Å². The number of carbonyl (C=O) groups is 1. The van der Waals surface area contributed by atoms with Crippen LogP contribution in [0, 0.1) is 13.8 Å². The van der Waals surface area contributed by atoms with Gasteiger partial charge >= 0.3 is 0 Å². The fourth-order valence-corrected chi connectivity index (χ4v) is 3.66. The van der Waals surface area contributed by atoms with Gasteiger partial charge in [-0.05, 0) is 44.0 Å². The molecular weight excluding hydrogens is 360 g/mol. The second-order valence-corrected chi connectivity index (χ2v) is 7.11. The first-order chi connectivity index (χ1) is 13.0. The molecule has 7 heteroatoms. The van der Waals surface area contributed by atoms with Gasteiger partial charge in [0.05, 0.1) is 11.3 Å². The lowest BCUT2D eigenvalue weighted by atomic mass is 10.1. The molecule has 0 radical (unpaired) electrons. The van der Waals surface area contributed by atoms with E-state index in [1.165, 1.54) is 11.8 Å². The normalized spacial score (nSPS) is 10.8. The first kappa shape index (κ1) is 19.0. The fraction of sp³-hybridized carbons (Fsp3) is 0.250. The van der Waals surface area contributed by atoms with Crippen molar-refractivity contribution in [2.45, 2.75) is 32.5 Å². The molecule has 0 fully saturated rings. The van der Waals surface area contributed by atoms with Gasteiger partial charge in [-0.15, -0.1) is 10.2 Å². The predicted octanol–water partition coefficient (Wildman–Crippen LogP) is 4.02. The molecule has 3 aromatic rings. The van der Waals surface area contributed by atoms with Crippen molar-refractivity contribution in [2.24, 2.45) is 0 Å². The molecule has 0 aliphatic carbocycles. The maximum absolute atomic E-state index is 12.4. The summed E-state index contributed by atoms with van der Waals surface area (Å²) in [4.78, 5) is 12.4. The molecule has 0 aliphatic heterocycles. The third-order valence-corrected chi connectivity index (χ3v) is 5.22. The van der Waals surface area contributed by atoms with Gasteiger partial charge in [-0.2, -0.15) is 0 Å². The third-order valence-electron chi connectivity index (χ3n) is 4.26. The van der Waals surface area contributed by atoms with Crippen molar-refractivity contribution < 1.29 is 9.90 Å². The number of phenolic OH excluding ortho intramolecular Hbond substituents is 1. The average molecular weight is 382 g/mol. The highest BCUT2D eigenvalue weighted by atomic mass is 32.2. The molecule has 1 heterocycles. The molecule has 0 spiro atoms. The Kier molecular flexibility index (Phi) is 5.81. The zero-order valence-corrected chi connectivity index (χ0v) is 16.4. The van der Waals surface area contributed by atoms with Gasteiger partial charge in [-0.3, -0.25) is 4.79 Å². The van der Waals surface area contributed by atoms with E-state index < -0.39 is 0 Å². The Morgan fingerprint density at radius 2 is 1.81 bits per heavy atom. The molecule has 6 nitrogen and oxygen atoms in total. The lowest BCUT2D eigenvalue weighted by Gasteiger charge is -2.11. The van der Waals surface area contributed by atoms with E-state index in [9.17, 15) is 9.90 Å². The first-order valence-electron chi connectivity index (χ1n) is 8.71. The van der Waals surface area contributed by atoms with Crippen LogP contribution in [0.1, 0.15) is 18.1 Å². The summed E-state index contributed by atoms with van der Waals surface area (Å²) in [5.74, 6) is 0.886. The van der Waals surface area contributed by atoms with Gasteiger partial charge in [-0.25, -0.2) is 0 Å². The zero-order chi connectivity index (χ0) is 19.4. The number of aromatic hydroxyl groups is 1. The molecule has 2 N–H and O–H groups in total. The Morgan fingerprint density at radius 1 is 1.11 bits per heavy atom. The number of hydrogen-bond acceptors (Lipinski definition) is 5. The van der Waals surface area contributed by atoms with E-state index in [1.54, 1.807) is 18.2 Å². The number of nitrogens with zero attached hydrogens (tertiary/aromatic N) is 3. The summed E-state index contributed by atoms with van der Waals surface area (Å²) in [6, 6.07) is 12.9. The summed E-state index contributed by atoms with van der Waals surface area (Å²) in [5.41, 5.74) is 3.55. The summed E-state index contributed by atoms with van der Waals surface area (Å²) in [6.07, 6.45) is 0. The van der Waals surface area contributed by atoms with Crippen molar-refractivity contribution in [3.8, 4) is 17.1 Å². The van der Waals surface area contributed by atoms with Crippen molar-refractivity contribution in [2.75, 3.05) is 11.1 Å². The summed E-state index contributed by atoms with van der Waals surface area (Å²) in [5, 5.41) is 22.1. The molecule has 140 valence electrons. The molecule has 0 aliphatic rings. The molecule has 0 saturated heterocycles. The number of phenols is 1. The van der Waals surface area contributed by atoms with Gasteiger partial charge < -0.3 is 15.0 Å². The summed E-state index contributed by atoms with van der Waals surface area (Å²) in [6.45, 7) is 6.56. The summed E-state index contributed by atoms with van der Waals surface area (Å²) >= 11 is 1.33. The highest BCUT2D eigenvalue weighted by Crippen LogP contribution is 2.30. The summed E-state index contributed by atoms with van der Waals surface area (Å²) < 4.78 is 1.89. The van der Waals surface area contributed by atoms with Gasteiger partial charge in [0.1, 0.15) is 5.75 Å². The number of nitrogens with one attached hydrogen (secondary N) is 1. The van der Waals surface area contributed by atoms with Gasteiger partial charge in [0.2, 0.25) is 5.91 Å². The number of para-hydroxylation sites is 2. The molecule has 0 saturated carbocycles. The topological polar surface area (TPSA) is 80.0 Å². The number of anilines is 1. The number of benzene rings is 2. The molecule has 1 aromatic heterocycles. The fourth-order valence-electron chi connectivity index (χ4n) is 2.86. The van der Waals surface area contributed by atoms with Crippen LogP contribution in [0.25, 0.3) is 11.4 Å². The number of amides is 1. The second-order valence-electron chi connectivity index (χ2n) is 6.17. The largest absolute Gasteiger partial charge is 0.507 e. The van der Waals surface area contributed by atoms with Crippen molar-refractivity contribution in [1.29, 1.82) is 0 Å². The maximum Gasteiger partial charge on any atom is 0.234 e. The Bertz CT molecular complexity index is 948. The van der Waals surface area contributed by atoms with Crippen LogP contribution in [-0.2, 0) is 11.3 Å². The van der Waals surface area contributed by atoms with Crippen LogP contribution in [0.4, 0.5) is 5.69 Å². The van der Waals surface area contributed by atoms with E-state index in [2.05, 4.69) is 15.5 Å². The van der Waals surface area contributed by atoms with Crippen LogP contribution < -0.4 is 5.32 Å². The Morgan fingerprint density at radius 3 is 2.48 bits per heavy atom. The van der Waals surface area contributed by atoms with Gasteiger partial charge in [-0.1, -0.05) is 42.1 Å². The number of carbonyl (C=O) groups excluding carboxylic acids is 1. The molecule has 27 heavy (non-hydrogen) atoms. The number of aryl methyl sites for hydroxylation is 2. The average Bonchev–Trinajstić information content (AvgIpc) is 3.06. The number of thioether (sulfide) groups is 1. The Balaban J connectivity index is 1.73. The van der Waals surface area contributed by atoms with Gasteiger partial charge in [0, 0.05) is 12.2 Å². The van der Waals surface area contributed by atoms with E-state index in [0.29, 0.717) is 23.1 Å². The van der Waals surface area contributed by atoms with E-state index in [-0.39, 0.29) is 17.4 Å². The molecule has 1 amide bonds. The summed E-state index contributed by atoms with van der Waals surface area (Å²) in [7, 11) is 0. The molecule has 2 aromatic carbocycles. The SMILES string of the molecule is CCn1c(SCC(=O)Nc2c(C)cccc2C)nnc1-c1ccccc1O. The van der Waals surface area contributed by atoms with E-state index in [4.69, 9.17) is 0 Å². The zero-order valence-electron chi connectivity index (χ0n) is 15.6. The number of aromatic nitrogens is 3. The van der Waals surface area contributed by atoms with Crippen LogP contribution in [0.15, 0.2) is 47.6 Å². The minimum absolute atomic E-state index is 0.0906. The van der Waals surface area contributed by atoms with E-state index in [1.807, 2.05) is 49.6 Å². The van der Waals surface area contributed by atoms with Crippen LogP contribution in [0.2, 0.25) is 0 Å². The Labute approximate surface area is 162 Å². The molecule has 0 bridgehead atoms. The molecular formula is C20H22N4O2S. The number of hydrogen-bond donors (Lipinski definition) is 2. The van der Waals surface area contributed by atoms with Gasteiger partial charge in [0.15, 0.2) is 11.0 Å². The highest BCUT2D eigenvalue weighted by Gasteiger charge is 2.17. The Hall–Kier alpha value is -2.80. The van der Waals surface area contributed by atoms with Crippen LogP contribution in [-0.4, -0.2) is 31.5 Å². The van der Waals surface area contributed by atoms with Crippen molar-refractivity contribution in [3.05, 3.63) is 53.6 Å². The van der Waals surface area contributed by atoms with Crippen LogP contribution in [0.3, 0.4) is 0 Å². The lowest BCUT2D eigenvalue weighted by Crippen LogP contribution is -2.16. The second kappa shape index (κ2) is 8.26. The van der Waals surface area contributed by atoms with Crippen LogP contribution in [0.5, 0.6) is 5.75 Å². The minimum Gasteiger partial charge on any atom is -0.507 e. The quantitative estimate of drug-likeness (QED) is 0.630. The standard InChI is InChI=1S/C20H22N4O2S/c1-4-24-19(15-10-5-6-11-16(15)25)22-23-20(24)27-12-17(26)21-18-13(2)8-7-9-14(18)3/h5-11,25H,4,12H2,1-3H3,(H,21,26). The van der Waals surface area contributed by atoms with Crippen molar-refractivity contribution in [3.63, 3.8) is 0 Å². The molecule has 0 atom stereocenters. The van der Waals surface area contributed by atoms with E-state index in [0.717, 1.165) is 16.8 Å². The monoisotopic (exact) mass is 382 g/mol. The van der Waals surface area contributed by atoms with Crippen LogP contribution >= 0.6 is 11.8 Å². The van der Waals surface area contributed by atoms with Crippen molar-refractivity contribution in [1.82, 2.24) is 14.8 Å². The molecule has 3 rings (SSSR count). The first-order valence-corrected chi connectivity index (χ1v) is 9.70. The van der Waals surface area contributed by atoms with Crippen molar-refractivity contribution >= 4 is 23.4 Å². The highest BCUT2D eigenvalue weighted by molar-refractivity contribution is 7.99. The maximum atomic E-state index is 12.4. The van der Waals surface area contributed by atoms with Gasteiger partial charge in [0.25, 0.3) is 0 Å². The third kappa shape index (κ3) is 4.14. The molecule has 0 unspecified atom stereocenters.